The zero-order chi connectivity index (χ0) is 13.3. The van der Waals surface area contributed by atoms with Crippen LogP contribution in [0.4, 0.5) is 0 Å². The van der Waals surface area contributed by atoms with Crippen LogP contribution in [0, 0.1) is 13.8 Å². The van der Waals surface area contributed by atoms with E-state index in [-0.39, 0.29) is 12.1 Å². The molecule has 2 rings (SSSR count). The van der Waals surface area contributed by atoms with Gasteiger partial charge in [0.1, 0.15) is 0 Å². The van der Waals surface area contributed by atoms with E-state index in [1.165, 1.54) is 0 Å². The third kappa shape index (κ3) is 2.91. The molecule has 0 aliphatic heterocycles. The second-order valence-electron chi connectivity index (χ2n) is 5.15. The van der Waals surface area contributed by atoms with Crippen LogP contribution in [0.2, 0.25) is 0 Å². The summed E-state index contributed by atoms with van der Waals surface area (Å²) in [6, 6.07) is 5.15. The fourth-order valence-corrected chi connectivity index (χ4v) is 4.00. The van der Waals surface area contributed by atoms with Crippen molar-refractivity contribution in [1.29, 1.82) is 0 Å². The maximum Gasteiger partial charge on any atom is 0.240 e. The average molecular weight is 268 g/mol. The predicted molar refractivity (Wildman–Crippen MR) is 71.9 cm³/mol. The van der Waals surface area contributed by atoms with Crippen molar-refractivity contribution in [3.63, 3.8) is 0 Å². The highest BCUT2D eigenvalue weighted by atomic mass is 32.2. The molecule has 1 aliphatic rings. The molecule has 5 heteroatoms. The average Bonchev–Trinajstić information content (AvgIpc) is 2.62. The molecule has 0 heterocycles. The Morgan fingerprint density at radius 1 is 1.17 bits per heavy atom. The molecular weight excluding hydrogens is 248 g/mol. The number of sulfonamides is 1. The van der Waals surface area contributed by atoms with Crippen LogP contribution >= 0.6 is 0 Å². The first-order valence-electron chi connectivity index (χ1n) is 6.25. The van der Waals surface area contributed by atoms with Crippen molar-refractivity contribution in [3.8, 4) is 0 Å². The number of hydrogen-bond donors (Lipinski definition) is 2. The molecule has 0 aromatic heterocycles. The maximum atomic E-state index is 12.3. The van der Waals surface area contributed by atoms with Gasteiger partial charge >= 0.3 is 0 Å². The van der Waals surface area contributed by atoms with Crippen LogP contribution in [0.1, 0.15) is 30.4 Å². The molecule has 0 amide bonds. The Hall–Kier alpha value is -0.910. The van der Waals surface area contributed by atoms with Crippen molar-refractivity contribution in [2.45, 2.75) is 50.1 Å². The van der Waals surface area contributed by atoms with E-state index >= 15 is 0 Å². The minimum atomic E-state index is -3.45. The molecule has 100 valence electrons. The Morgan fingerprint density at radius 2 is 1.78 bits per heavy atom. The molecule has 0 spiro atoms. The van der Waals surface area contributed by atoms with E-state index in [1.54, 1.807) is 12.1 Å². The van der Waals surface area contributed by atoms with E-state index in [4.69, 9.17) is 5.73 Å². The van der Waals surface area contributed by atoms with Crippen LogP contribution < -0.4 is 10.5 Å². The van der Waals surface area contributed by atoms with Gasteiger partial charge in [0.05, 0.1) is 4.90 Å². The van der Waals surface area contributed by atoms with Crippen LogP contribution in [0.5, 0.6) is 0 Å². The first kappa shape index (κ1) is 13.5. The Kier molecular flexibility index (Phi) is 3.75. The number of nitrogens with one attached hydrogen (secondary N) is 1. The van der Waals surface area contributed by atoms with Gasteiger partial charge in [-0.05, 0) is 49.9 Å². The van der Waals surface area contributed by atoms with Gasteiger partial charge in [-0.3, -0.25) is 0 Å². The molecule has 2 unspecified atom stereocenters. The van der Waals surface area contributed by atoms with E-state index in [0.717, 1.165) is 30.4 Å². The highest BCUT2D eigenvalue weighted by Gasteiger charge is 2.28. The first-order chi connectivity index (χ1) is 8.38. The van der Waals surface area contributed by atoms with E-state index in [9.17, 15) is 8.42 Å². The van der Waals surface area contributed by atoms with Crippen molar-refractivity contribution in [1.82, 2.24) is 4.72 Å². The third-order valence-electron chi connectivity index (χ3n) is 3.38. The molecule has 1 aliphatic carbocycles. The van der Waals surface area contributed by atoms with Gasteiger partial charge in [-0.2, -0.15) is 0 Å². The predicted octanol–water partition coefficient (Wildman–Crippen LogP) is 1.46. The summed E-state index contributed by atoms with van der Waals surface area (Å²) in [6.45, 7) is 3.79. The molecule has 18 heavy (non-hydrogen) atoms. The van der Waals surface area contributed by atoms with Gasteiger partial charge in [-0.1, -0.05) is 12.5 Å². The molecular formula is C13H20N2O2S. The monoisotopic (exact) mass is 268 g/mol. The smallest absolute Gasteiger partial charge is 0.240 e. The minimum absolute atomic E-state index is 0.0642. The van der Waals surface area contributed by atoms with Gasteiger partial charge in [0, 0.05) is 12.1 Å². The molecule has 1 aromatic carbocycles. The van der Waals surface area contributed by atoms with Crippen LogP contribution in [0.15, 0.2) is 23.1 Å². The number of aryl methyl sites for hydroxylation is 2. The molecule has 1 fully saturated rings. The van der Waals surface area contributed by atoms with Crippen LogP contribution in [-0.4, -0.2) is 20.5 Å². The van der Waals surface area contributed by atoms with Gasteiger partial charge in [0.25, 0.3) is 0 Å². The van der Waals surface area contributed by atoms with Crippen molar-refractivity contribution >= 4 is 10.0 Å². The number of hydrogen-bond acceptors (Lipinski definition) is 3. The Morgan fingerprint density at radius 3 is 2.28 bits per heavy atom. The summed E-state index contributed by atoms with van der Waals surface area (Å²) in [4.78, 5) is 0.332. The topological polar surface area (TPSA) is 72.2 Å². The first-order valence-corrected chi connectivity index (χ1v) is 7.73. The summed E-state index contributed by atoms with van der Waals surface area (Å²) in [5.41, 5.74) is 7.80. The fourth-order valence-electron chi connectivity index (χ4n) is 2.49. The van der Waals surface area contributed by atoms with E-state index < -0.39 is 10.0 Å². The molecule has 1 saturated carbocycles. The summed E-state index contributed by atoms with van der Waals surface area (Å²) in [7, 11) is -3.45. The van der Waals surface area contributed by atoms with Crippen molar-refractivity contribution in [2.75, 3.05) is 0 Å². The quantitative estimate of drug-likeness (QED) is 0.871. The van der Waals surface area contributed by atoms with Crippen LogP contribution in [0.25, 0.3) is 0 Å². The van der Waals surface area contributed by atoms with Crippen molar-refractivity contribution in [2.24, 2.45) is 5.73 Å². The zero-order valence-electron chi connectivity index (χ0n) is 10.8. The number of benzene rings is 1. The molecule has 3 N–H and O–H groups in total. The second-order valence-corrected chi connectivity index (χ2v) is 6.86. The molecule has 1 aromatic rings. The summed E-state index contributed by atoms with van der Waals surface area (Å²) < 4.78 is 27.3. The van der Waals surface area contributed by atoms with Gasteiger partial charge < -0.3 is 5.73 Å². The van der Waals surface area contributed by atoms with Crippen LogP contribution in [-0.2, 0) is 10.0 Å². The van der Waals surface area contributed by atoms with Gasteiger partial charge in [0.2, 0.25) is 10.0 Å². The van der Waals surface area contributed by atoms with Gasteiger partial charge in [0.15, 0.2) is 0 Å². The highest BCUT2D eigenvalue weighted by Crippen LogP contribution is 2.21. The number of rotatable bonds is 3. The minimum Gasteiger partial charge on any atom is -0.326 e. The van der Waals surface area contributed by atoms with Gasteiger partial charge in [-0.25, -0.2) is 13.1 Å². The Bertz CT molecular complexity index is 520. The molecule has 0 saturated heterocycles. The summed E-state index contributed by atoms with van der Waals surface area (Å²) >= 11 is 0. The third-order valence-corrected chi connectivity index (χ3v) is 4.85. The Balaban J connectivity index is 2.25. The lowest BCUT2D eigenvalue weighted by molar-refractivity contribution is 0.522. The molecule has 0 radical (unpaired) electrons. The van der Waals surface area contributed by atoms with Crippen molar-refractivity contribution < 1.29 is 8.42 Å². The molecule has 2 atom stereocenters. The lowest BCUT2D eigenvalue weighted by Crippen LogP contribution is -2.43. The normalized spacial score (nSPS) is 24.4. The summed E-state index contributed by atoms with van der Waals surface area (Å²) in [5, 5.41) is 0. The standard InChI is InChI=1S/C13H20N2O2S/c1-9-6-10(2)8-11(7-9)18(16,17)15-13-5-3-4-12(13)14/h6-8,12-13,15H,3-5,14H2,1-2H3. The second kappa shape index (κ2) is 4.99. The summed E-state index contributed by atoms with van der Waals surface area (Å²) in [6.07, 6.45) is 2.70. The van der Waals surface area contributed by atoms with Crippen LogP contribution in [0.3, 0.4) is 0 Å². The zero-order valence-corrected chi connectivity index (χ0v) is 11.6. The SMILES string of the molecule is Cc1cc(C)cc(S(=O)(=O)NC2CCCC2N)c1. The lowest BCUT2D eigenvalue weighted by Gasteiger charge is -2.17. The maximum absolute atomic E-state index is 12.3. The van der Waals surface area contributed by atoms with E-state index in [1.807, 2.05) is 19.9 Å². The fraction of sp³-hybridized carbons (Fsp3) is 0.538. The molecule has 0 bridgehead atoms. The van der Waals surface area contributed by atoms with Crippen molar-refractivity contribution in [3.05, 3.63) is 29.3 Å². The summed E-state index contributed by atoms with van der Waals surface area (Å²) in [5.74, 6) is 0. The largest absolute Gasteiger partial charge is 0.326 e. The Labute approximate surface area is 109 Å². The number of nitrogens with two attached hydrogens (primary N) is 1. The lowest BCUT2D eigenvalue weighted by atomic mass is 10.2. The van der Waals surface area contributed by atoms with Gasteiger partial charge in [-0.15, -0.1) is 0 Å². The van der Waals surface area contributed by atoms with E-state index in [2.05, 4.69) is 4.72 Å². The highest BCUT2D eigenvalue weighted by molar-refractivity contribution is 7.89. The molecule has 4 nitrogen and oxygen atoms in total. The van der Waals surface area contributed by atoms with E-state index in [0.29, 0.717) is 4.90 Å².